The van der Waals surface area contributed by atoms with Gasteiger partial charge >= 0.3 is 5.97 Å². The second-order valence-corrected chi connectivity index (χ2v) is 12.3. The molecule has 1 N–H and O–H groups in total. The fourth-order valence-electron chi connectivity index (χ4n) is 6.81. The molecule has 0 aliphatic carbocycles. The van der Waals surface area contributed by atoms with Crippen LogP contribution in [0.2, 0.25) is 5.02 Å². The number of hydrogen-bond acceptors (Lipinski definition) is 7. The Balaban J connectivity index is 1.34. The van der Waals surface area contributed by atoms with Gasteiger partial charge in [0, 0.05) is 39.2 Å². The number of carbonyl (C=O) groups excluding carboxylic acids is 1. The van der Waals surface area contributed by atoms with E-state index in [-0.39, 0.29) is 0 Å². The molecule has 0 bridgehead atoms. The Labute approximate surface area is 289 Å². The maximum atomic E-state index is 13.6. The molecule has 0 fully saturated rings. The predicted octanol–water partition coefficient (Wildman–Crippen LogP) is 10.4. The number of nitrogens with one attached hydrogen (secondary N) is 1. The molecule has 1 spiro atoms. The van der Waals surface area contributed by atoms with Crippen molar-refractivity contribution in [2.45, 2.75) is 12.5 Å². The molecule has 6 aromatic carbocycles. The van der Waals surface area contributed by atoms with Crippen LogP contribution in [-0.4, -0.2) is 20.2 Å². The summed E-state index contributed by atoms with van der Waals surface area (Å²) in [7, 11) is 3.31. The normalized spacial score (nSPS) is 15.4. The van der Waals surface area contributed by atoms with Crippen molar-refractivity contribution in [3.63, 3.8) is 0 Å². The molecule has 1 unspecified atom stereocenters. The van der Waals surface area contributed by atoms with Crippen LogP contribution in [0.3, 0.4) is 0 Å². The van der Waals surface area contributed by atoms with Gasteiger partial charge in [-0.1, -0.05) is 54.1 Å². The number of fused-ring (bicyclic) bond motifs is 6. The van der Waals surface area contributed by atoms with Gasteiger partial charge in [0.1, 0.15) is 23.0 Å². The molecular weight excluding hydrogens is 636 g/mol. The number of aryl methyl sites for hydroxylation is 1. The highest BCUT2D eigenvalue weighted by Crippen LogP contribution is 2.58. The molecule has 7 nitrogen and oxygen atoms in total. The van der Waals surface area contributed by atoms with Gasteiger partial charge in [-0.05, 0) is 91.3 Å². The topological polar surface area (TPSA) is 69.3 Å². The van der Waals surface area contributed by atoms with Crippen molar-refractivity contribution in [2.24, 2.45) is 0 Å². The zero-order valence-corrected chi connectivity index (χ0v) is 27.7. The lowest BCUT2D eigenvalue weighted by atomic mass is 9.77. The minimum absolute atomic E-state index is 0.393. The highest BCUT2D eigenvalue weighted by atomic mass is 35.5. The number of benzene rings is 6. The summed E-state index contributed by atoms with van der Waals surface area (Å²) in [5, 5.41) is 4.17. The Kier molecular flexibility index (Phi) is 7.42. The number of para-hydroxylation sites is 4. The van der Waals surface area contributed by atoms with E-state index in [1.807, 2.05) is 134 Å². The molecular formula is C41H31ClN2O5. The van der Waals surface area contributed by atoms with Gasteiger partial charge in [-0.3, -0.25) is 0 Å². The number of ether oxygens (including phenoxy) is 4. The number of hydrogen-bond donors (Lipinski definition) is 1. The van der Waals surface area contributed by atoms with Crippen molar-refractivity contribution in [1.29, 1.82) is 0 Å². The molecule has 0 saturated heterocycles. The zero-order valence-electron chi connectivity index (χ0n) is 27.0. The van der Waals surface area contributed by atoms with Gasteiger partial charge in [0.05, 0.1) is 36.8 Å². The quantitative estimate of drug-likeness (QED) is 0.170. The van der Waals surface area contributed by atoms with Crippen molar-refractivity contribution >= 4 is 46.0 Å². The van der Waals surface area contributed by atoms with E-state index in [0.717, 1.165) is 45.1 Å². The monoisotopic (exact) mass is 666 g/mol. The van der Waals surface area contributed by atoms with E-state index in [1.165, 1.54) is 0 Å². The van der Waals surface area contributed by atoms with Gasteiger partial charge in [-0.25, -0.2) is 4.79 Å². The standard InChI is InChI=1S/C41H31ClN2O5/c1-25-22-38-32(24-33(25)43-27-18-16-26(42)17-19-27)41(30-11-5-4-10-29(30)40(45)49-41)31-21-20-28(23-39(31)48-38)44(34-12-6-8-14-36(34)46-2)35-13-7-9-15-37(35)47-3/h4-24,43H,1-3H3. The molecule has 0 aromatic heterocycles. The SMILES string of the molecule is COc1ccccc1N(c1ccc2c(c1)Oc1cc(C)c(Nc3ccc(Cl)cc3)cc1C21OC(=O)c2ccccc21)c1ccccc1OC. The minimum Gasteiger partial charge on any atom is -0.495 e. The summed E-state index contributed by atoms with van der Waals surface area (Å²) < 4.78 is 24.9. The van der Waals surface area contributed by atoms with Crippen molar-refractivity contribution in [2.75, 3.05) is 24.4 Å². The third-order valence-electron chi connectivity index (χ3n) is 9.08. The first-order valence-corrected chi connectivity index (χ1v) is 16.2. The van der Waals surface area contributed by atoms with E-state index < -0.39 is 11.6 Å². The molecule has 2 aliphatic rings. The van der Waals surface area contributed by atoms with Crippen LogP contribution in [0.5, 0.6) is 23.0 Å². The first kappa shape index (κ1) is 30.4. The molecule has 49 heavy (non-hydrogen) atoms. The molecule has 0 radical (unpaired) electrons. The fourth-order valence-corrected chi connectivity index (χ4v) is 6.93. The zero-order chi connectivity index (χ0) is 33.7. The largest absolute Gasteiger partial charge is 0.495 e. The van der Waals surface area contributed by atoms with Crippen LogP contribution in [0.25, 0.3) is 0 Å². The number of halogens is 1. The molecule has 0 amide bonds. The van der Waals surface area contributed by atoms with Crippen LogP contribution in [0.4, 0.5) is 28.4 Å². The molecule has 242 valence electrons. The number of rotatable bonds is 7. The van der Waals surface area contributed by atoms with E-state index in [0.29, 0.717) is 39.1 Å². The van der Waals surface area contributed by atoms with Crippen LogP contribution >= 0.6 is 11.6 Å². The van der Waals surface area contributed by atoms with E-state index in [4.69, 9.17) is 30.5 Å². The molecule has 0 saturated carbocycles. The van der Waals surface area contributed by atoms with Crippen molar-refractivity contribution in [3.05, 3.63) is 160 Å². The van der Waals surface area contributed by atoms with Crippen LogP contribution in [0, 0.1) is 6.92 Å². The number of anilines is 5. The van der Waals surface area contributed by atoms with Crippen molar-refractivity contribution < 1.29 is 23.7 Å². The smallest absolute Gasteiger partial charge is 0.340 e. The van der Waals surface area contributed by atoms with Crippen LogP contribution in [0.1, 0.15) is 32.6 Å². The van der Waals surface area contributed by atoms with Gasteiger partial charge in [0.25, 0.3) is 0 Å². The van der Waals surface area contributed by atoms with E-state index in [2.05, 4.69) is 10.2 Å². The fraction of sp³-hybridized carbons (Fsp3) is 0.0976. The summed E-state index contributed by atoms with van der Waals surface area (Å²) in [6.45, 7) is 2.01. The highest BCUT2D eigenvalue weighted by Gasteiger charge is 2.53. The lowest BCUT2D eigenvalue weighted by Gasteiger charge is -2.38. The number of nitrogens with zero attached hydrogens (tertiary/aromatic N) is 1. The maximum Gasteiger partial charge on any atom is 0.340 e. The average molecular weight is 667 g/mol. The first-order chi connectivity index (χ1) is 23.9. The Hall–Kier alpha value is -5.92. The third-order valence-corrected chi connectivity index (χ3v) is 9.33. The molecule has 2 aliphatic heterocycles. The van der Waals surface area contributed by atoms with E-state index in [1.54, 1.807) is 14.2 Å². The van der Waals surface area contributed by atoms with Gasteiger partial charge in [0.15, 0.2) is 5.60 Å². The second-order valence-electron chi connectivity index (χ2n) is 11.9. The Morgan fingerprint density at radius 3 is 2.02 bits per heavy atom. The second kappa shape index (κ2) is 12.0. The van der Waals surface area contributed by atoms with Crippen molar-refractivity contribution in [3.8, 4) is 23.0 Å². The highest BCUT2D eigenvalue weighted by molar-refractivity contribution is 6.30. The molecule has 6 aromatic rings. The van der Waals surface area contributed by atoms with Crippen LogP contribution in [0.15, 0.2) is 127 Å². The molecule has 8 heteroatoms. The predicted molar refractivity (Wildman–Crippen MR) is 192 cm³/mol. The summed E-state index contributed by atoms with van der Waals surface area (Å²) in [5.41, 5.74) is 6.55. The van der Waals surface area contributed by atoms with Gasteiger partial charge in [-0.2, -0.15) is 0 Å². The number of esters is 1. The minimum atomic E-state index is -1.25. The average Bonchev–Trinajstić information content (AvgIpc) is 3.42. The van der Waals surface area contributed by atoms with E-state index >= 15 is 0 Å². The maximum absolute atomic E-state index is 13.6. The van der Waals surface area contributed by atoms with Gasteiger partial charge in [-0.15, -0.1) is 0 Å². The summed E-state index contributed by atoms with van der Waals surface area (Å²) in [6, 6.07) is 40.7. The molecule has 2 heterocycles. The number of methoxy groups -OCH3 is 2. The third kappa shape index (κ3) is 4.93. The summed E-state index contributed by atoms with van der Waals surface area (Å²) in [4.78, 5) is 15.7. The lowest BCUT2D eigenvalue weighted by molar-refractivity contribution is 0.0224. The Morgan fingerprint density at radius 2 is 1.33 bits per heavy atom. The molecule has 1 atom stereocenters. The van der Waals surface area contributed by atoms with Crippen LogP contribution in [-0.2, 0) is 10.3 Å². The summed E-state index contributed by atoms with van der Waals surface area (Å²) in [5.74, 6) is 2.13. The Bertz CT molecular complexity index is 2210. The summed E-state index contributed by atoms with van der Waals surface area (Å²) >= 11 is 6.15. The summed E-state index contributed by atoms with van der Waals surface area (Å²) in [6.07, 6.45) is 0. The Morgan fingerprint density at radius 1 is 0.694 bits per heavy atom. The van der Waals surface area contributed by atoms with E-state index in [9.17, 15) is 4.79 Å². The van der Waals surface area contributed by atoms with Gasteiger partial charge < -0.3 is 29.2 Å². The molecule has 8 rings (SSSR count). The lowest BCUT2D eigenvalue weighted by Crippen LogP contribution is -2.33. The number of carbonyl (C=O) groups is 1. The van der Waals surface area contributed by atoms with Crippen LogP contribution < -0.4 is 24.4 Å². The van der Waals surface area contributed by atoms with Crippen molar-refractivity contribution in [1.82, 2.24) is 0 Å². The first-order valence-electron chi connectivity index (χ1n) is 15.8. The van der Waals surface area contributed by atoms with Gasteiger partial charge in [0.2, 0.25) is 0 Å².